The molecule has 3 rings (SSSR count). The standard InChI is InChI=1S/C21H25FN4O2/c22-18-6-8-19(9-7-18)26-14-12-25(13-15-26)11-10-23-20(27)21(28)24-16-17-4-2-1-3-5-17/h1-9H,10-16H2,(H,23,27)(H,24,28). The molecular weight excluding hydrogens is 359 g/mol. The number of nitrogens with one attached hydrogen (secondary N) is 2. The van der Waals surface area contributed by atoms with Gasteiger partial charge in [0.1, 0.15) is 5.82 Å². The van der Waals surface area contributed by atoms with Crippen LogP contribution in [0.1, 0.15) is 5.56 Å². The third-order valence-corrected chi connectivity index (χ3v) is 4.78. The van der Waals surface area contributed by atoms with E-state index in [1.165, 1.54) is 12.1 Å². The largest absolute Gasteiger partial charge is 0.369 e. The highest BCUT2D eigenvalue weighted by Crippen LogP contribution is 2.16. The number of amides is 2. The summed E-state index contributed by atoms with van der Waals surface area (Å²) in [6.07, 6.45) is 0. The van der Waals surface area contributed by atoms with Gasteiger partial charge in [0.15, 0.2) is 0 Å². The lowest BCUT2D eigenvalue weighted by Gasteiger charge is -2.36. The monoisotopic (exact) mass is 384 g/mol. The van der Waals surface area contributed by atoms with E-state index in [-0.39, 0.29) is 5.82 Å². The lowest BCUT2D eigenvalue weighted by Crippen LogP contribution is -2.49. The van der Waals surface area contributed by atoms with E-state index in [0.29, 0.717) is 19.6 Å². The van der Waals surface area contributed by atoms with Crippen molar-refractivity contribution >= 4 is 17.5 Å². The average Bonchev–Trinajstić information content (AvgIpc) is 2.74. The number of piperazine rings is 1. The van der Waals surface area contributed by atoms with E-state index >= 15 is 0 Å². The van der Waals surface area contributed by atoms with Crippen LogP contribution >= 0.6 is 0 Å². The molecule has 7 heteroatoms. The molecule has 2 amide bonds. The summed E-state index contributed by atoms with van der Waals surface area (Å²) >= 11 is 0. The Morgan fingerprint density at radius 3 is 2.18 bits per heavy atom. The number of hydrogen-bond acceptors (Lipinski definition) is 4. The number of carbonyl (C=O) groups excluding carboxylic acids is 2. The second-order valence-electron chi connectivity index (χ2n) is 6.73. The van der Waals surface area contributed by atoms with Crippen molar-refractivity contribution in [1.29, 1.82) is 0 Å². The number of halogens is 1. The zero-order valence-electron chi connectivity index (χ0n) is 15.7. The maximum absolute atomic E-state index is 13.0. The van der Waals surface area contributed by atoms with Crippen LogP contribution < -0.4 is 15.5 Å². The molecule has 1 saturated heterocycles. The van der Waals surface area contributed by atoms with Gasteiger partial charge in [0.25, 0.3) is 0 Å². The van der Waals surface area contributed by atoms with Gasteiger partial charge in [-0.3, -0.25) is 14.5 Å². The van der Waals surface area contributed by atoms with Gasteiger partial charge in [-0.05, 0) is 29.8 Å². The summed E-state index contributed by atoms with van der Waals surface area (Å²) < 4.78 is 13.0. The molecule has 0 unspecified atom stereocenters. The van der Waals surface area contributed by atoms with Crippen LogP contribution in [-0.4, -0.2) is 56.0 Å². The predicted octanol–water partition coefficient (Wildman–Crippen LogP) is 1.38. The van der Waals surface area contributed by atoms with Crippen LogP contribution in [0.4, 0.5) is 10.1 Å². The molecule has 0 aromatic heterocycles. The van der Waals surface area contributed by atoms with E-state index < -0.39 is 11.8 Å². The number of anilines is 1. The Kier molecular flexibility index (Phi) is 6.97. The van der Waals surface area contributed by atoms with E-state index in [0.717, 1.165) is 37.4 Å². The first-order chi connectivity index (χ1) is 13.6. The fraction of sp³-hybridized carbons (Fsp3) is 0.333. The van der Waals surface area contributed by atoms with Crippen molar-refractivity contribution in [3.05, 3.63) is 66.0 Å². The molecule has 1 heterocycles. The number of rotatable bonds is 6. The molecule has 0 atom stereocenters. The molecule has 148 valence electrons. The molecule has 1 fully saturated rings. The van der Waals surface area contributed by atoms with Crippen LogP contribution in [0, 0.1) is 5.82 Å². The second kappa shape index (κ2) is 9.85. The Balaban J connectivity index is 1.32. The van der Waals surface area contributed by atoms with E-state index in [1.54, 1.807) is 12.1 Å². The highest BCUT2D eigenvalue weighted by molar-refractivity contribution is 6.35. The molecule has 1 aliphatic rings. The summed E-state index contributed by atoms with van der Waals surface area (Å²) in [4.78, 5) is 28.2. The van der Waals surface area contributed by atoms with Crippen LogP contribution in [0.15, 0.2) is 54.6 Å². The van der Waals surface area contributed by atoms with Crippen LogP contribution in [0.25, 0.3) is 0 Å². The Morgan fingerprint density at radius 2 is 1.50 bits per heavy atom. The summed E-state index contributed by atoms with van der Waals surface area (Å²) in [7, 11) is 0. The summed E-state index contributed by atoms with van der Waals surface area (Å²) in [5.74, 6) is -1.46. The van der Waals surface area contributed by atoms with Gasteiger partial charge in [-0.25, -0.2) is 4.39 Å². The fourth-order valence-corrected chi connectivity index (χ4v) is 3.15. The molecule has 0 aliphatic carbocycles. The molecule has 28 heavy (non-hydrogen) atoms. The highest BCUT2D eigenvalue weighted by Gasteiger charge is 2.18. The van der Waals surface area contributed by atoms with Gasteiger partial charge in [-0.1, -0.05) is 30.3 Å². The Morgan fingerprint density at radius 1 is 0.857 bits per heavy atom. The Hall–Kier alpha value is -2.93. The minimum Gasteiger partial charge on any atom is -0.369 e. The molecule has 2 aromatic rings. The molecular formula is C21H25FN4O2. The fourth-order valence-electron chi connectivity index (χ4n) is 3.15. The number of benzene rings is 2. The van der Waals surface area contributed by atoms with Gasteiger partial charge in [0.2, 0.25) is 0 Å². The first-order valence-corrected chi connectivity index (χ1v) is 9.44. The molecule has 0 saturated carbocycles. The van der Waals surface area contributed by atoms with E-state index in [1.807, 2.05) is 30.3 Å². The maximum Gasteiger partial charge on any atom is 0.309 e. The average molecular weight is 384 g/mol. The van der Waals surface area contributed by atoms with Crippen LogP contribution in [0.5, 0.6) is 0 Å². The zero-order chi connectivity index (χ0) is 19.8. The SMILES string of the molecule is O=C(NCCN1CCN(c2ccc(F)cc2)CC1)C(=O)NCc1ccccc1. The van der Waals surface area contributed by atoms with Crippen LogP contribution in [0.2, 0.25) is 0 Å². The molecule has 6 nitrogen and oxygen atoms in total. The van der Waals surface area contributed by atoms with Gasteiger partial charge in [0.05, 0.1) is 0 Å². The van der Waals surface area contributed by atoms with Crippen molar-refractivity contribution in [3.63, 3.8) is 0 Å². The van der Waals surface area contributed by atoms with E-state index in [9.17, 15) is 14.0 Å². The Bertz CT molecular complexity index is 775. The normalized spacial score (nSPS) is 14.5. The number of carbonyl (C=O) groups is 2. The molecule has 2 aromatic carbocycles. The quantitative estimate of drug-likeness (QED) is 0.739. The smallest absolute Gasteiger partial charge is 0.309 e. The Labute approximate surface area is 164 Å². The first kappa shape index (κ1) is 19.8. The minimum atomic E-state index is -0.620. The van der Waals surface area contributed by atoms with Crippen molar-refractivity contribution in [1.82, 2.24) is 15.5 Å². The van der Waals surface area contributed by atoms with Crippen molar-refractivity contribution in [3.8, 4) is 0 Å². The summed E-state index contributed by atoms with van der Waals surface area (Å²) in [5, 5.41) is 5.28. The first-order valence-electron chi connectivity index (χ1n) is 9.44. The molecule has 0 radical (unpaired) electrons. The lowest BCUT2D eigenvalue weighted by atomic mass is 10.2. The summed E-state index contributed by atoms with van der Waals surface area (Å²) in [6, 6.07) is 16.0. The molecule has 0 bridgehead atoms. The highest BCUT2D eigenvalue weighted by atomic mass is 19.1. The van der Waals surface area contributed by atoms with Gasteiger partial charge >= 0.3 is 11.8 Å². The minimum absolute atomic E-state index is 0.231. The van der Waals surface area contributed by atoms with Crippen molar-refractivity contribution < 1.29 is 14.0 Å². The van der Waals surface area contributed by atoms with E-state index in [2.05, 4.69) is 20.4 Å². The third-order valence-electron chi connectivity index (χ3n) is 4.78. The zero-order valence-corrected chi connectivity index (χ0v) is 15.7. The number of hydrogen-bond donors (Lipinski definition) is 2. The summed E-state index contributed by atoms with van der Waals surface area (Å²) in [5.41, 5.74) is 1.96. The van der Waals surface area contributed by atoms with Crippen LogP contribution in [0.3, 0.4) is 0 Å². The van der Waals surface area contributed by atoms with Crippen molar-refractivity contribution in [2.75, 3.05) is 44.2 Å². The predicted molar refractivity (Wildman–Crippen MR) is 106 cm³/mol. The lowest BCUT2D eigenvalue weighted by molar-refractivity contribution is -0.139. The van der Waals surface area contributed by atoms with Gasteiger partial charge in [-0.2, -0.15) is 0 Å². The maximum atomic E-state index is 13.0. The van der Waals surface area contributed by atoms with Gasteiger partial charge in [0, 0.05) is 51.5 Å². The topological polar surface area (TPSA) is 64.7 Å². The third kappa shape index (κ3) is 5.79. The molecule has 2 N–H and O–H groups in total. The molecule has 1 aliphatic heterocycles. The van der Waals surface area contributed by atoms with Crippen molar-refractivity contribution in [2.45, 2.75) is 6.54 Å². The molecule has 0 spiro atoms. The van der Waals surface area contributed by atoms with Crippen LogP contribution in [-0.2, 0) is 16.1 Å². The van der Waals surface area contributed by atoms with Crippen molar-refractivity contribution in [2.24, 2.45) is 0 Å². The number of nitrogens with zero attached hydrogens (tertiary/aromatic N) is 2. The van der Waals surface area contributed by atoms with Gasteiger partial charge < -0.3 is 15.5 Å². The summed E-state index contributed by atoms with van der Waals surface area (Å²) in [6.45, 7) is 4.84. The van der Waals surface area contributed by atoms with E-state index in [4.69, 9.17) is 0 Å². The van der Waals surface area contributed by atoms with Gasteiger partial charge in [-0.15, -0.1) is 0 Å². The second-order valence-corrected chi connectivity index (χ2v) is 6.73.